The molecule has 4 aromatic rings. The second-order valence-electron chi connectivity index (χ2n) is 10.7. The predicted molar refractivity (Wildman–Crippen MR) is 160 cm³/mol. The van der Waals surface area contributed by atoms with E-state index in [1.54, 1.807) is 16.2 Å². The van der Waals surface area contributed by atoms with E-state index in [9.17, 15) is 14.4 Å². The molecule has 2 fully saturated rings. The molecular weight excluding hydrogens is 562 g/mol. The van der Waals surface area contributed by atoms with Gasteiger partial charge >= 0.3 is 0 Å². The number of anilines is 3. The van der Waals surface area contributed by atoms with E-state index in [2.05, 4.69) is 22.8 Å². The van der Waals surface area contributed by atoms with E-state index >= 15 is 0 Å². The van der Waals surface area contributed by atoms with Gasteiger partial charge in [-0.1, -0.05) is 59.4 Å². The number of amides is 1. The number of rotatable bonds is 8. The summed E-state index contributed by atoms with van der Waals surface area (Å²) in [7, 11) is 3.91. The number of aromatic nitrogens is 4. The van der Waals surface area contributed by atoms with Gasteiger partial charge in [0.1, 0.15) is 22.8 Å². The number of hydrogen-bond donors (Lipinski definition) is 0. The molecule has 6 rings (SSSR count). The van der Waals surface area contributed by atoms with Crippen LogP contribution in [0.2, 0.25) is 0 Å². The third-order valence-corrected chi connectivity index (χ3v) is 9.86. The number of fused-ring (bicyclic) bond motifs is 1. The Morgan fingerprint density at radius 3 is 2.61 bits per heavy atom. The van der Waals surface area contributed by atoms with Gasteiger partial charge in [0.2, 0.25) is 16.0 Å². The van der Waals surface area contributed by atoms with E-state index in [1.807, 2.05) is 54.7 Å². The minimum absolute atomic E-state index is 0.0142. The fraction of sp³-hybridized carbons (Fsp3) is 0.464. The number of imidazole rings is 1. The lowest BCUT2D eigenvalue weighted by Crippen LogP contribution is -2.54. The summed E-state index contributed by atoms with van der Waals surface area (Å²) in [6, 6.07) is 10.6. The van der Waals surface area contributed by atoms with Crippen molar-refractivity contribution in [2.24, 2.45) is 0 Å². The number of likely N-dealkylation sites (tertiary alicyclic amines) is 1. The van der Waals surface area contributed by atoms with Crippen molar-refractivity contribution < 1.29 is 9.18 Å². The quantitative estimate of drug-likeness (QED) is 0.301. The van der Waals surface area contributed by atoms with E-state index in [0.717, 1.165) is 58.7 Å². The van der Waals surface area contributed by atoms with Crippen LogP contribution in [0.4, 0.5) is 20.5 Å². The standard InChI is InChI=1S/C28H32FN9OS2/c1-5-21-25(35(4)26-32-24(22(12-30)40-26)18-8-6-17(2)7-9-18)38-27(31-21)41-28(33-38)36-11-10-20(15-36)34(3)16-23(39)37-13-19(29)14-37/h6-9,19-20H,5,10-11,13-16H2,1-4H3/t20-/m0/s1. The van der Waals surface area contributed by atoms with Crippen molar-refractivity contribution in [3.63, 3.8) is 0 Å². The maximum Gasteiger partial charge on any atom is 0.236 e. The van der Waals surface area contributed by atoms with Gasteiger partial charge in [0.25, 0.3) is 0 Å². The first kappa shape index (κ1) is 27.6. The molecule has 0 spiro atoms. The fourth-order valence-corrected chi connectivity index (χ4v) is 7.14. The van der Waals surface area contributed by atoms with Gasteiger partial charge in [-0.3, -0.25) is 9.69 Å². The number of benzene rings is 1. The van der Waals surface area contributed by atoms with Crippen LogP contribution in [-0.2, 0) is 11.2 Å². The summed E-state index contributed by atoms with van der Waals surface area (Å²) in [4.78, 5) is 31.5. The normalized spacial score (nSPS) is 17.4. The summed E-state index contributed by atoms with van der Waals surface area (Å²) < 4.78 is 15.0. The van der Waals surface area contributed by atoms with Crippen LogP contribution in [0.1, 0.15) is 29.5 Å². The number of aryl methyl sites for hydroxylation is 2. The predicted octanol–water partition coefficient (Wildman–Crippen LogP) is 4.12. The third kappa shape index (κ3) is 5.16. The average molecular weight is 594 g/mol. The number of carbonyl (C=O) groups is 1. The van der Waals surface area contributed by atoms with Gasteiger partial charge in [-0.15, -0.1) is 5.10 Å². The highest BCUT2D eigenvalue weighted by Crippen LogP contribution is 2.38. The second kappa shape index (κ2) is 11.0. The topological polar surface area (TPSA) is 96.9 Å². The molecule has 214 valence electrons. The van der Waals surface area contributed by atoms with Crippen LogP contribution >= 0.6 is 22.7 Å². The molecule has 2 saturated heterocycles. The fourth-order valence-electron chi connectivity index (χ4n) is 5.34. The number of halogens is 1. The minimum Gasteiger partial charge on any atom is -0.345 e. The molecule has 0 unspecified atom stereocenters. The number of hydrogen-bond acceptors (Lipinski definition) is 10. The van der Waals surface area contributed by atoms with E-state index in [1.165, 1.54) is 11.3 Å². The summed E-state index contributed by atoms with van der Waals surface area (Å²) in [5.41, 5.74) is 3.67. The highest BCUT2D eigenvalue weighted by molar-refractivity contribution is 7.20. The number of likely N-dealkylation sites (N-methyl/N-ethyl adjacent to an activating group) is 1. The minimum atomic E-state index is -0.883. The first-order valence-corrected chi connectivity index (χ1v) is 15.4. The van der Waals surface area contributed by atoms with Gasteiger partial charge in [0, 0.05) is 31.7 Å². The van der Waals surface area contributed by atoms with Crippen molar-refractivity contribution >= 4 is 49.6 Å². The van der Waals surface area contributed by atoms with Crippen LogP contribution in [0, 0.1) is 18.3 Å². The van der Waals surface area contributed by atoms with Gasteiger partial charge in [0.05, 0.1) is 25.3 Å². The number of carbonyl (C=O) groups excluding carboxylic acids is 1. The van der Waals surface area contributed by atoms with Crippen LogP contribution in [0.3, 0.4) is 0 Å². The van der Waals surface area contributed by atoms with Gasteiger partial charge in [-0.2, -0.15) is 9.78 Å². The van der Waals surface area contributed by atoms with Gasteiger partial charge in [-0.25, -0.2) is 14.4 Å². The third-order valence-electron chi connectivity index (χ3n) is 7.85. The lowest BCUT2D eigenvalue weighted by molar-refractivity contribution is -0.139. The molecule has 2 aliphatic rings. The monoisotopic (exact) mass is 593 g/mol. The van der Waals surface area contributed by atoms with Crippen molar-refractivity contribution in [2.75, 3.05) is 56.6 Å². The van der Waals surface area contributed by atoms with Gasteiger partial charge in [-0.05, 0) is 26.8 Å². The van der Waals surface area contributed by atoms with E-state index in [-0.39, 0.29) is 25.0 Å². The summed E-state index contributed by atoms with van der Waals surface area (Å²) in [6.45, 7) is 6.42. The Labute approximate surface area is 246 Å². The molecule has 1 aromatic carbocycles. The molecule has 1 amide bonds. The van der Waals surface area contributed by atoms with Gasteiger partial charge < -0.3 is 14.7 Å². The van der Waals surface area contributed by atoms with Crippen LogP contribution < -0.4 is 9.80 Å². The molecule has 0 aliphatic carbocycles. The molecule has 1 atom stereocenters. The zero-order valence-electron chi connectivity index (χ0n) is 23.5. The first-order valence-electron chi connectivity index (χ1n) is 13.7. The summed E-state index contributed by atoms with van der Waals surface area (Å²) >= 11 is 2.91. The lowest BCUT2D eigenvalue weighted by Gasteiger charge is -2.36. The largest absolute Gasteiger partial charge is 0.345 e. The highest BCUT2D eigenvalue weighted by Gasteiger charge is 2.34. The SMILES string of the molecule is CCc1nc2sc(N3CC[C@H](N(C)CC(=O)N4CC(F)C4)C3)nn2c1N(C)c1nc(-c2ccc(C)cc2)c(C#N)s1. The maximum absolute atomic E-state index is 13.2. The van der Waals surface area contributed by atoms with Crippen LogP contribution in [-0.4, -0.2) is 94.3 Å². The molecule has 2 aliphatic heterocycles. The number of thiazole rings is 1. The zero-order chi connectivity index (χ0) is 28.8. The van der Waals surface area contributed by atoms with Crippen molar-refractivity contribution in [1.82, 2.24) is 29.4 Å². The summed E-state index contributed by atoms with van der Waals surface area (Å²) in [5, 5.41) is 16.4. The van der Waals surface area contributed by atoms with Crippen molar-refractivity contribution in [3.05, 3.63) is 40.4 Å². The Morgan fingerprint density at radius 1 is 1.17 bits per heavy atom. The van der Waals surface area contributed by atoms with E-state index in [0.29, 0.717) is 22.2 Å². The van der Waals surface area contributed by atoms with Crippen molar-refractivity contribution in [2.45, 2.75) is 38.9 Å². The lowest BCUT2D eigenvalue weighted by atomic mass is 10.1. The molecular formula is C28H32FN9OS2. The highest BCUT2D eigenvalue weighted by atomic mass is 32.1. The summed E-state index contributed by atoms with van der Waals surface area (Å²) in [6.07, 6.45) is 0.769. The van der Waals surface area contributed by atoms with Crippen molar-refractivity contribution in [1.29, 1.82) is 5.26 Å². The zero-order valence-corrected chi connectivity index (χ0v) is 25.2. The molecule has 5 heterocycles. The molecule has 0 saturated carbocycles. The molecule has 13 heteroatoms. The Kier molecular flexibility index (Phi) is 7.39. The van der Waals surface area contributed by atoms with E-state index < -0.39 is 6.17 Å². The van der Waals surface area contributed by atoms with Crippen LogP contribution in [0.25, 0.3) is 16.2 Å². The average Bonchev–Trinajstić information content (AvgIpc) is 3.73. The maximum atomic E-state index is 13.2. The number of alkyl halides is 1. The number of nitriles is 1. The molecule has 0 radical (unpaired) electrons. The Bertz CT molecular complexity index is 1620. The Hall–Kier alpha value is -3.60. The van der Waals surface area contributed by atoms with Crippen LogP contribution in [0.15, 0.2) is 24.3 Å². The molecule has 0 N–H and O–H groups in total. The van der Waals surface area contributed by atoms with Crippen LogP contribution in [0.5, 0.6) is 0 Å². The Morgan fingerprint density at radius 2 is 1.93 bits per heavy atom. The molecule has 10 nitrogen and oxygen atoms in total. The van der Waals surface area contributed by atoms with E-state index in [4.69, 9.17) is 15.1 Å². The van der Waals surface area contributed by atoms with Crippen molar-refractivity contribution in [3.8, 4) is 17.3 Å². The molecule has 0 bridgehead atoms. The first-order chi connectivity index (χ1) is 19.7. The smallest absolute Gasteiger partial charge is 0.236 e. The van der Waals surface area contributed by atoms with Gasteiger partial charge in [0.15, 0.2) is 10.9 Å². The number of nitrogens with zero attached hydrogens (tertiary/aromatic N) is 9. The molecule has 3 aromatic heterocycles. The Balaban J connectivity index is 1.22. The molecule has 41 heavy (non-hydrogen) atoms. The second-order valence-corrected chi connectivity index (χ2v) is 12.6. The summed E-state index contributed by atoms with van der Waals surface area (Å²) in [5.74, 6) is 0.831.